The van der Waals surface area contributed by atoms with Crippen LogP contribution < -0.4 is 0 Å². The molecule has 1 aromatic heterocycles. The predicted molar refractivity (Wildman–Crippen MR) is 62.9 cm³/mol. The first kappa shape index (κ1) is 10.4. The number of aromatic nitrogens is 1. The first-order valence-electron chi connectivity index (χ1n) is 4.70. The smallest absolute Gasteiger partial charge is 0.147 e. The monoisotopic (exact) mass is 267 g/mol. The first-order valence-corrected chi connectivity index (χ1v) is 5.49. The number of rotatable bonds is 1. The van der Waals surface area contributed by atoms with Gasteiger partial charge in [0.15, 0.2) is 0 Å². The van der Waals surface area contributed by atoms with E-state index in [0.717, 1.165) is 15.9 Å². The zero-order valence-corrected chi connectivity index (χ0v) is 10.2. The summed E-state index contributed by atoms with van der Waals surface area (Å²) in [6, 6.07) is 8.92. The van der Waals surface area contributed by atoms with Crippen molar-refractivity contribution in [3.05, 3.63) is 52.0 Å². The summed E-state index contributed by atoms with van der Waals surface area (Å²) in [7, 11) is 0. The van der Waals surface area contributed by atoms with Gasteiger partial charge in [-0.3, -0.25) is 0 Å². The maximum Gasteiger partial charge on any atom is 0.147 e. The Bertz CT molecular complexity index is 483. The lowest BCUT2D eigenvalue weighted by Gasteiger charge is -2.10. The number of hydrogen-bond acceptors (Lipinski definition) is 0. The molecule has 2 rings (SSSR count). The Balaban J connectivity index is 2.68. The molecule has 3 heteroatoms. The second-order valence-electron chi connectivity index (χ2n) is 3.55. The summed E-state index contributed by atoms with van der Waals surface area (Å²) < 4.78 is 16.4. The molecule has 0 saturated carbocycles. The van der Waals surface area contributed by atoms with E-state index < -0.39 is 0 Å². The van der Waals surface area contributed by atoms with E-state index in [2.05, 4.69) is 15.9 Å². The molecular formula is C12H11BrFN. The minimum Gasteiger partial charge on any atom is -0.316 e. The third kappa shape index (κ3) is 1.84. The largest absolute Gasteiger partial charge is 0.316 e. The van der Waals surface area contributed by atoms with Crippen LogP contribution in [0.3, 0.4) is 0 Å². The number of halogens is 2. The van der Waals surface area contributed by atoms with Crippen LogP contribution in [0.2, 0.25) is 0 Å². The third-order valence-electron chi connectivity index (χ3n) is 2.42. The van der Waals surface area contributed by atoms with Gasteiger partial charge in [-0.05, 0) is 44.2 Å². The zero-order chi connectivity index (χ0) is 11.0. The van der Waals surface area contributed by atoms with Crippen molar-refractivity contribution in [1.29, 1.82) is 0 Å². The molecule has 0 aliphatic rings. The van der Waals surface area contributed by atoms with E-state index in [4.69, 9.17) is 0 Å². The molecule has 2 aromatic rings. The molecule has 0 aliphatic carbocycles. The SMILES string of the molecule is Cc1ccc(C)n1-c1cc(Br)ccc1F. The van der Waals surface area contributed by atoms with Gasteiger partial charge >= 0.3 is 0 Å². The zero-order valence-electron chi connectivity index (χ0n) is 8.59. The van der Waals surface area contributed by atoms with Crippen molar-refractivity contribution >= 4 is 15.9 Å². The lowest BCUT2D eigenvalue weighted by atomic mass is 10.3. The molecule has 0 spiro atoms. The van der Waals surface area contributed by atoms with Crippen LogP contribution in [-0.2, 0) is 0 Å². The molecule has 1 aromatic carbocycles. The topological polar surface area (TPSA) is 4.93 Å². The fraction of sp³-hybridized carbons (Fsp3) is 0.167. The van der Waals surface area contributed by atoms with E-state index >= 15 is 0 Å². The van der Waals surface area contributed by atoms with Gasteiger partial charge in [0.1, 0.15) is 5.82 Å². The predicted octanol–water partition coefficient (Wildman–Crippen LogP) is 4.00. The summed E-state index contributed by atoms with van der Waals surface area (Å²) in [4.78, 5) is 0. The van der Waals surface area contributed by atoms with Crippen LogP contribution in [-0.4, -0.2) is 4.57 Å². The summed E-state index contributed by atoms with van der Waals surface area (Å²) >= 11 is 3.35. The standard InChI is InChI=1S/C12H11BrFN/c1-8-3-4-9(2)15(8)12-7-10(13)5-6-11(12)14/h3-7H,1-2H3. The van der Waals surface area contributed by atoms with Gasteiger partial charge in [0, 0.05) is 15.9 Å². The van der Waals surface area contributed by atoms with Crippen LogP contribution in [0.1, 0.15) is 11.4 Å². The number of aryl methyl sites for hydroxylation is 2. The summed E-state index contributed by atoms with van der Waals surface area (Å²) in [5.74, 6) is -0.208. The molecule has 1 heterocycles. The third-order valence-corrected chi connectivity index (χ3v) is 2.91. The van der Waals surface area contributed by atoms with E-state index in [1.165, 1.54) is 6.07 Å². The highest BCUT2D eigenvalue weighted by atomic mass is 79.9. The van der Waals surface area contributed by atoms with Crippen molar-refractivity contribution in [2.75, 3.05) is 0 Å². The maximum absolute atomic E-state index is 13.7. The molecule has 78 valence electrons. The van der Waals surface area contributed by atoms with E-state index in [0.29, 0.717) is 5.69 Å². The van der Waals surface area contributed by atoms with Crippen molar-refractivity contribution in [2.24, 2.45) is 0 Å². The van der Waals surface area contributed by atoms with Gasteiger partial charge in [-0.1, -0.05) is 15.9 Å². The van der Waals surface area contributed by atoms with Gasteiger partial charge in [0.2, 0.25) is 0 Å². The Morgan fingerprint density at radius 2 is 1.67 bits per heavy atom. The van der Waals surface area contributed by atoms with Crippen LogP contribution in [0.25, 0.3) is 5.69 Å². The van der Waals surface area contributed by atoms with Gasteiger partial charge in [-0.15, -0.1) is 0 Å². The Morgan fingerprint density at radius 1 is 1.07 bits per heavy atom. The summed E-state index contributed by atoms with van der Waals surface area (Å²) in [6.45, 7) is 3.93. The van der Waals surface area contributed by atoms with Crippen molar-refractivity contribution in [2.45, 2.75) is 13.8 Å². The average Bonchev–Trinajstić information content (AvgIpc) is 2.51. The minimum absolute atomic E-state index is 0.208. The van der Waals surface area contributed by atoms with Crippen LogP contribution >= 0.6 is 15.9 Å². The van der Waals surface area contributed by atoms with Crippen molar-refractivity contribution in [3.63, 3.8) is 0 Å². The van der Waals surface area contributed by atoms with E-state index in [9.17, 15) is 4.39 Å². The molecular weight excluding hydrogens is 257 g/mol. The quantitative estimate of drug-likeness (QED) is 0.736. The molecule has 0 saturated heterocycles. The second-order valence-corrected chi connectivity index (χ2v) is 4.46. The highest BCUT2D eigenvalue weighted by Gasteiger charge is 2.09. The Labute approximate surface area is 96.7 Å². The minimum atomic E-state index is -0.208. The number of nitrogens with zero attached hydrogens (tertiary/aromatic N) is 1. The van der Waals surface area contributed by atoms with Gasteiger partial charge in [-0.2, -0.15) is 0 Å². The maximum atomic E-state index is 13.7. The Morgan fingerprint density at radius 3 is 2.27 bits per heavy atom. The molecule has 0 radical (unpaired) electrons. The van der Waals surface area contributed by atoms with Crippen LogP contribution in [0.15, 0.2) is 34.8 Å². The van der Waals surface area contributed by atoms with Crippen molar-refractivity contribution < 1.29 is 4.39 Å². The fourth-order valence-corrected chi connectivity index (χ4v) is 2.05. The van der Waals surface area contributed by atoms with Crippen LogP contribution in [0.4, 0.5) is 4.39 Å². The summed E-state index contributed by atoms with van der Waals surface area (Å²) in [5.41, 5.74) is 2.65. The van der Waals surface area contributed by atoms with Gasteiger partial charge in [0.25, 0.3) is 0 Å². The van der Waals surface area contributed by atoms with Gasteiger partial charge < -0.3 is 4.57 Å². The van der Waals surface area contributed by atoms with Crippen molar-refractivity contribution in [1.82, 2.24) is 4.57 Å². The molecule has 0 fully saturated rings. The van der Waals surface area contributed by atoms with Crippen molar-refractivity contribution in [3.8, 4) is 5.69 Å². The molecule has 15 heavy (non-hydrogen) atoms. The normalized spacial score (nSPS) is 10.7. The molecule has 0 amide bonds. The molecule has 0 unspecified atom stereocenters. The summed E-state index contributed by atoms with van der Waals surface area (Å²) in [5, 5.41) is 0. The van der Waals surface area contributed by atoms with Gasteiger partial charge in [-0.25, -0.2) is 4.39 Å². The Hall–Kier alpha value is -1.09. The highest BCUT2D eigenvalue weighted by molar-refractivity contribution is 9.10. The highest BCUT2D eigenvalue weighted by Crippen LogP contribution is 2.22. The van der Waals surface area contributed by atoms with Crippen LogP contribution in [0.5, 0.6) is 0 Å². The molecule has 0 N–H and O–H groups in total. The molecule has 0 bridgehead atoms. The average molecular weight is 268 g/mol. The van der Waals surface area contributed by atoms with E-state index in [-0.39, 0.29) is 5.82 Å². The fourth-order valence-electron chi connectivity index (χ4n) is 1.71. The van der Waals surface area contributed by atoms with E-state index in [1.807, 2.05) is 30.5 Å². The number of benzene rings is 1. The lowest BCUT2D eigenvalue weighted by Crippen LogP contribution is -2.01. The van der Waals surface area contributed by atoms with Gasteiger partial charge in [0.05, 0.1) is 5.69 Å². The summed E-state index contributed by atoms with van der Waals surface area (Å²) in [6.07, 6.45) is 0. The lowest BCUT2D eigenvalue weighted by molar-refractivity contribution is 0.615. The first-order chi connectivity index (χ1) is 7.09. The van der Waals surface area contributed by atoms with E-state index in [1.54, 1.807) is 12.1 Å². The second kappa shape index (κ2) is 3.81. The number of hydrogen-bond donors (Lipinski definition) is 0. The molecule has 0 aliphatic heterocycles. The Kier molecular flexibility index (Phi) is 2.65. The molecule has 0 atom stereocenters. The molecule has 1 nitrogen and oxygen atoms in total. The van der Waals surface area contributed by atoms with Crippen LogP contribution in [0, 0.1) is 19.7 Å².